The number of aryl methyl sites for hydroxylation is 2. The van der Waals surface area contributed by atoms with Gasteiger partial charge in [0.05, 0.1) is 4.47 Å². The highest BCUT2D eigenvalue weighted by atomic mass is 79.9. The lowest BCUT2D eigenvalue weighted by molar-refractivity contribution is -0.132. The first-order valence-electron chi connectivity index (χ1n) is 11.0. The zero-order valence-electron chi connectivity index (χ0n) is 21.1. The molecule has 0 unspecified atom stereocenters. The molecule has 2 aromatic rings. The molecule has 180 valence electrons. The van der Waals surface area contributed by atoms with Crippen molar-refractivity contribution in [2.24, 2.45) is 5.41 Å². The topological polar surface area (TPSA) is 75.7 Å². The van der Waals surface area contributed by atoms with Crippen LogP contribution in [-0.2, 0) is 4.79 Å². The fourth-order valence-electron chi connectivity index (χ4n) is 3.25. The van der Waals surface area contributed by atoms with E-state index in [0.717, 1.165) is 11.1 Å². The summed E-state index contributed by atoms with van der Waals surface area (Å²) in [6, 6.07) is 8.87. The van der Waals surface area contributed by atoms with Crippen molar-refractivity contribution in [3.8, 4) is 5.75 Å². The Morgan fingerprint density at radius 2 is 1.55 bits per heavy atom. The van der Waals surface area contributed by atoms with Gasteiger partial charge in [0.25, 0.3) is 11.8 Å². The second-order valence-electron chi connectivity index (χ2n) is 8.91. The van der Waals surface area contributed by atoms with Gasteiger partial charge in [0, 0.05) is 30.2 Å². The Morgan fingerprint density at radius 3 is 2.03 bits per heavy atom. The van der Waals surface area contributed by atoms with Crippen LogP contribution in [0.25, 0.3) is 0 Å². The minimum absolute atomic E-state index is 0.251. The average molecular weight is 519 g/mol. The molecule has 0 bridgehead atoms. The van der Waals surface area contributed by atoms with Crippen LogP contribution in [0.2, 0.25) is 0 Å². The molecule has 0 aromatic heterocycles. The third-order valence-corrected chi connectivity index (χ3v) is 5.06. The van der Waals surface area contributed by atoms with Gasteiger partial charge < -0.3 is 4.74 Å². The minimum Gasteiger partial charge on any atom is -0.425 e. The molecule has 2 amide bonds. The lowest BCUT2D eigenvalue weighted by Crippen LogP contribution is -2.49. The van der Waals surface area contributed by atoms with Gasteiger partial charge in [0.1, 0.15) is 5.75 Å². The van der Waals surface area contributed by atoms with E-state index >= 15 is 0 Å². The van der Waals surface area contributed by atoms with Crippen LogP contribution in [0.15, 0.2) is 34.8 Å². The van der Waals surface area contributed by atoms with E-state index < -0.39 is 11.9 Å². The molecule has 0 radical (unpaired) electrons. The van der Waals surface area contributed by atoms with Crippen molar-refractivity contribution in [2.75, 3.05) is 6.54 Å². The summed E-state index contributed by atoms with van der Waals surface area (Å²) in [6.45, 7) is 17.1. The summed E-state index contributed by atoms with van der Waals surface area (Å²) in [5.74, 6) is -0.950. The van der Waals surface area contributed by atoms with Crippen LogP contribution in [0.5, 0.6) is 5.75 Å². The average Bonchev–Trinajstić information content (AvgIpc) is 2.69. The summed E-state index contributed by atoms with van der Waals surface area (Å²) in [6.07, 6.45) is 0. The summed E-state index contributed by atoms with van der Waals surface area (Å²) in [4.78, 5) is 37.8. The van der Waals surface area contributed by atoms with Gasteiger partial charge in [0.15, 0.2) is 0 Å². The number of rotatable bonds is 4. The van der Waals surface area contributed by atoms with Gasteiger partial charge >= 0.3 is 5.97 Å². The zero-order chi connectivity index (χ0) is 25.5. The van der Waals surface area contributed by atoms with Crippen LogP contribution >= 0.6 is 15.9 Å². The van der Waals surface area contributed by atoms with E-state index in [0.29, 0.717) is 27.7 Å². The third-order valence-electron chi connectivity index (χ3n) is 4.43. The van der Waals surface area contributed by atoms with Crippen molar-refractivity contribution < 1.29 is 19.1 Å². The number of esters is 1. The molecule has 0 aliphatic carbocycles. The van der Waals surface area contributed by atoms with E-state index in [4.69, 9.17) is 4.74 Å². The van der Waals surface area contributed by atoms with Gasteiger partial charge in [-0.2, -0.15) is 0 Å². The van der Waals surface area contributed by atoms with Crippen molar-refractivity contribution in [1.82, 2.24) is 10.4 Å². The first-order valence-corrected chi connectivity index (χ1v) is 11.8. The van der Waals surface area contributed by atoms with E-state index in [2.05, 4.69) is 21.4 Å². The standard InChI is InChI=1S/C24H29BrN2O4.C2H6/c1-14-10-15(2)12-18(11-14)23(30)27(13-24(5,6)7)26-22(29)19-8-9-20(25)21(16(19)3)31-17(4)28;1-2/h8-12H,13H2,1-7H3,(H,26,29);1-2H3. The molecule has 0 aliphatic rings. The monoisotopic (exact) mass is 518 g/mol. The predicted molar refractivity (Wildman–Crippen MR) is 135 cm³/mol. The third kappa shape index (κ3) is 8.31. The normalized spacial score (nSPS) is 10.6. The van der Waals surface area contributed by atoms with E-state index in [9.17, 15) is 14.4 Å². The molecule has 7 heteroatoms. The van der Waals surface area contributed by atoms with Crippen molar-refractivity contribution in [2.45, 2.75) is 62.3 Å². The van der Waals surface area contributed by atoms with Crippen LogP contribution in [0.4, 0.5) is 0 Å². The van der Waals surface area contributed by atoms with Gasteiger partial charge in [-0.1, -0.05) is 51.8 Å². The Labute approximate surface area is 205 Å². The van der Waals surface area contributed by atoms with Crippen molar-refractivity contribution in [3.63, 3.8) is 0 Å². The van der Waals surface area contributed by atoms with Crippen LogP contribution in [0.3, 0.4) is 0 Å². The fourth-order valence-corrected chi connectivity index (χ4v) is 3.76. The Hall–Kier alpha value is -2.67. The number of halogens is 1. The van der Waals surface area contributed by atoms with Gasteiger partial charge in [-0.3, -0.25) is 19.8 Å². The number of hydrogen-bond acceptors (Lipinski definition) is 4. The largest absolute Gasteiger partial charge is 0.425 e. The molecule has 0 heterocycles. The Morgan fingerprint density at radius 1 is 1.00 bits per heavy atom. The SMILES string of the molecule is CC.CC(=O)Oc1c(Br)ccc(C(=O)NN(CC(C)(C)C)C(=O)c2cc(C)cc(C)c2)c1C. The molecule has 0 aliphatic heterocycles. The molecule has 0 saturated heterocycles. The molecule has 2 rings (SSSR count). The minimum atomic E-state index is -0.485. The quantitative estimate of drug-likeness (QED) is 0.298. The van der Waals surface area contributed by atoms with Crippen molar-refractivity contribution >= 4 is 33.7 Å². The maximum Gasteiger partial charge on any atom is 0.308 e. The summed E-state index contributed by atoms with van der Waals surface area (Å²) in [5, 5.41) is 1.35. The molecule has 1 N–H and O–H groups in total. The highest BCUT2D eigenvalue weighted by molar-refractivity contribution is 9.10. The highest BCUT2D eigenvalue weighted by Crippen LogP contribution is 2.31. The number of nitrogens with zero attached hydrogens (tertiary/aromatic N) is 1. The highest BCUT2D eigenvalue weighted by Gasteiger charge is 2.26. The molecule has 0 fully saturated rings. The van der Waals surface area contributed by atoms with E-state index in [1.807, 2.05) is 54.5 Å². The lowest BCUT2D eigenvalue weighted by Gasteiger charge is -2.30. The zero-order valence-corrected chi connectivity index (χ0v) is 22.6. The van der Waals surface area contributed by atoms with Crippen LogP contribution in [-0.4, -0.2) is 29.3 Å². The lowest BCUT2D eigenvalue weighted by atomic mass is 9.96. The summed E-state index contributed by atoms with van der Waals surface area (Å²) < 4.78 is 5.81. The molecular formula is C26H35BrN2O4. The second-order valence-corrected chi connectivity index (χ2v) is 9.77. The second kappa shape index (κ2) is 12.0. The number of ether oxygens (including phenoxy) is 1. The summed E-state index contributed by atoms with van der Waals surface area (Å²) in [7, 11) is 0. The Bertz CT molecular complexity index is 1010. The number of carbonyl (C=O) groups excluding carboxylic acids is 3. The molecule has 0 saturated carbocycles. The number of carbonyl (C=O) groups is 3. The van der Waals surface area contributed by atoms with E-state index in [1.54, 1.807) is 31.2 Å². The fraction of sp³-hybridized carbons (Fsp3) is 0.423. The first-order chi connectivity index (χ1) is 15.3. The number of benzene rings is 2. The van der Waals surface area contributed by atoms with Crippen molar-refractivity contribution in [1.29, 1.82) is 0 Å². The number of nitrogens with one attached hydrogen (secondary N) is 1. The van der Waals surface area contributed by atoms with Crippen LogP contribution in [0.1, 0.15) is 78.9 Å². The molecule has 2 aromatic carbocycles. The number of amides is 2. The van der Waals surface area contributed by atoms with Crippen LogP contribution < -0.4 is 10.2 Å². The number of hydrazine groups is 1. The Kier molecular flexibility index (Phi) is 10.3. The maximum atomic E-state index is 13.3. The van der Waals surface area contributed by atoms with Gasteiger partial charge in [-0.15, -0.1) is 0 Å². The predicted octanol–water partition coefficient (Wildman–Crippen LogP) is 6.16. The van der Waals surface area contributed by atoms with Gasteiger partial charge in [-0.25, -0.2) is 5.01 Å². The van der Waals surface area contributed by atoms with Crippen LogP contribution in [0, 0.1) is 26.2 Å². The summed E-state index contributed by atoms with van der Waals surface area (Å²) in [5.41, 5.74) is 5.77. The molecule has 0 atom stereocenters. The van der Waals surface area contributed by atoms with Gasteiger partial charge in [-0.05, 0) is 66.4 Å². The molecule has 6 nitrogen and oxygen atoms in total. The smallest absolute Gasteiger partial charge is 0.308 e. The Balaban J connectivity index is 0.00000265. The van der Waals surface area contributed by atoms with Gasteiger partial charge in [0.2, 0.25) is 0 Å². The number of hydrogen-bond donors (Lipinski definition) is 1. The van der Waals surface area contributed by atoms with Crippen molar-refractivity contribution in [3.05, 3.63) is 62.6 Å². The molecular weight excluding hydrogens is 484 g/mol. The molecule has 33 heavy (non-hydrogen) atoms. The first kappa shape index (κ1) is 28.4. The van der Waals surface area contributed by atoms with E-state index in [-0.39, 0.29) is 17.1 Å². The molecule has 0 spiro atoms. The summed E-state index contributed by atoms with van der Waals surface area (Å²) >= 11 is 3.34. The van der Waals surface area contributed by atoms with E-state index in [1.165, 1.54) is 11.9 Å². The maximum absolute atomic E-state index is 13.3.